The van der Waals surface area contributed by atoms with E-state index in [2.05, 4.69) is 29.6 Å². The molecule has 1 fully saturated rings. The summed E-state index contributed by atoms with van der Waals surface area (Å²) in [5.41, 5.74) is 6.45. The van der Waals surface area contributed by atoms with Crippen LogP contribution < -0.4 is 5.32 Å². The van der Waals surface area contributed by atoms with Gasteiger partial charge in [0.2, 0.25) is 5.91 Å². The van der Waals surface area contributed by atoms with E-state index in [4.69, 9.17) is 9.97 Å². The lowest BCUT2D eigenvalue weighted by Gasteiger charge is -2.25. The van der Waals surface area contributed by atoms with E-state index in [1.807, 2.05) is 13.0 Å². The van der Waals surface area contributed by atoms with Gasteiger partial charge in [-0.3, -0.25) is 4.79 Å². The number of anilines is 1. The number of nitrogens with one attached hydrogen (secondary N) is 1. The predicted molar refractivity (Wildman–Crippen MR) is 131 cm³/mol. The highest BCUT2D eigenvalue weighted by atomic mass is 16.3. The van der Waals surface area contributed by atoms with Gasteiger partial charge in [0.05, 0.1) is 22.8 Å². The average Bonchev–Trinajstić information content (AvgIpc) is 2.82. The van der Waals surface area contributed by atoms with Crippen molar-refractivity contribution in [2.45, 2.75) is 71.1 Å². The van der Waals surface area contributed by atoms with Crippen LogP contribution in [0.5, 0.6) is 0 Å². The van der Waals surface area contributed by atoms with Gasteiger partial charge in [0.1, 0.15) is 0 Å². The quantitative estimate of drug-likeness (QED) is 0.585. The summed E-state index contributed by atoms with van der Waals surface area (Å²) in [5.74, 6) is 1.73. The van der Waals surface area contributed by atoms with Gasteiger partial charge in [-0.2, -0.15) is 0 Å². The van der Waals surface area contributed by atoms with Gasteiger partial charge < -0.3 is 10.4 Å². The van der Waals surface area contributed by atoms with E-state index in [-0.39, 0.29) is 11.8 Å². The van der Waals surface area contributed by atoms with E-state index < -0.39 is 0 Å². The Labute approximate surface area is 196 Å². The molecule has 3 aliphatic rings. The molecule has 5 rings (SSSR count). The molecule has 5 heteroatoms. The van der Waals surface area contributed by atoms with Gasteiger partial charge in [-0.15, -0.1) is 0 Å². The first kappa shape index (κ1) is 21.9. The van der Waals surface area contributed by atoms with Crippen LogP contribution in [0.1, 0.15) is 68.8 Å². The van der Waals surface area contributed by atoms with Gasteiger partial charge >= 0.3 is 0 Å². The Balaban J connectivity index is 1.43. The normalized spacial score (nSPS) is 20.3. The maximum atomic E-state index is 13.0. The highest BCUT2D eigenvalue weighted by Gasteiger charge is 2.25. The van der Waals surface area contributed by atoms with Crippen LogP contribution in [-0.4, -0.2) is 21.0 Å². The van der Waals surface area contributed by atoms with Crippen LogP contribution in [0.15, 0.2) is 47.7 Å². The molecule has 2 aromatic rings. The van der Waals surface area contributed by atoms with Gasteiger partial charge in [0.15, 0.2) is 5.82 Å². The fraction of sp³-hybridized carbons (Fsp3) is 0.464. The summed E-state index contributed by atoms with van der Waals surface area (Å²) in [5, 5.41) is 12.9. The van der Waals surface area contributed by atoms with Crippen LogP contribution in [0.4, 0.5) is 5.82 Å². The molecule has 0 saturated heterocycles. The van der Waals surface area contributed by atoms with Crippen LogP contribution >= 0.6 is 0 Å². The summed E-state index contributed by atoms with van der Waals surface area (Å²) in [6.07, 6.45) is 13.5. The number of hydrogen-bond acceptors (Lipinski definition) is 4. The van der Waals surface area contributed by atoms with E-state index >= 15 is 0 Å². The molecular weight excluding hydrogens is 410 g/mol. The van der Waals surface area contributed by atoms with Crippen molar-refractivity contribution in [1.82, 2.24) is 9.97 Å². The SMILES string of the molecule is CC1CC(O)=CC=C1CC(=O)Nc1nc2c(nc1CC1CCCCC1)-c1ccccc1CC2. The van der Waals surface area contributed by atoms with Crippen molar-refractivity contribution < 1.29 is 9.90 Å². The summed E-state index contributed by atoms with van der Waals surface area (Å²) in [4.78, 5) is 23.1. The Kier molecular flexibility index (Phi) is 6.30. The van der Waals surface area contributed by atoms with E-state index in [9.17, 15) is 9.90 Å². The van der Waals surface area contributed by atoms with Gasteiger partial charge in [-0.1, -0.05) is 74.9 Å². The van der Waals surface area contributed by atoms with Crippen LogP contribution in [0.3, 0.4) is 0 Å². The predicted octanol–water partition coefficient (Wildman–Crippen LogP) is 6.10. The lowest BCUT2D eigenvalue weighted by atomic mass is 9.85. The number of aliphatic hydroxyl groups is 1. The lowest BCUT2D eigenvalue weighted by Crippen LogP contribution is -2.21. The third kappa shape index (κ3) is 4.87. The molecule has 0 radical (unpaired) electrons. The van der Waals surface area contributed by atoms with E-state index in [0.29, 0.717) is 30.3 Å². The number of aryl methyl sites for hydroxylation is 2. The Bertz CT molecular complexity index is 1110. The largest absolute Gasteiger partial charge is 0.512 e. The summed E-state index contributed by atoms with van der Waals surface area (Å²) in [6, 6.07) is 8.48. The number of allylic oxidation sites excluding steroid dienone is 3. The first-order valence-electron chi connectivity index (χ1n) is 12.4. The van der Waals surface area contributed by atoms with Crippen LogP contribution in [0.2, 0.25) is 0 Å². The number of carbonyl (C=O) groups excluding carboxylic acids is 1. The number of fused-ring (bicyclic) bond motifs is 3. The third-order valence-electron chi connectivity index (χ3n) is 7.41. The number of carbonyl (C=O) groups is 1. The minimum Gasteiger partial charge on any atom is -0.512 e. The summed E-state index contributed by atoms with van der Waals surface area (Å²) in [6.45, 7) is 2.05. The summed E-state index contributed by atoms with van der Waals surface area (Å²) in [7, 11) is 0. The molecule has 1 amide bonds. The third-order valence-corrected chi connectivity index (χ3v) is 7.41. The number of benzene rings is 1. The average molecular weight is 444 g/mol. The molecule has 1 aromatic carbocycles. The molecule has 33 heavy (non-hydrogen) atoms. The molecule has 1 heterocycles. The molecule has 2 N–H and O–H groups in total. The number of nitrogens with zero attached hydrogens (tertiary/aromatic N) is 2. The number of rotatable bonds is 5. The fourth-order valence-electron chi connectivity index (χ4n) is 5.50. The van der Waals surface area contributed by atoms with E-state index in [1.165, 1.54) is 43.2 Å². The second-order valence-electron chi connectivity index (χ2n) is 9.91. The van der Waals surface area contributed by atoms with Crippen molar-refractivity contribution >= 4 is 11.7 Å². The van der Waals surface area contributed by atoms with Crippen LogP contribution in [0.25, 0.3) is 11.3 Å². The van der Waals surface area contributed by atoms with E-state index in [0.717, 1.165) is 41.9 Å². The molecule has 0 bridgehead atoms. The van der Waals surface area contributed by atoms with Gasteiger partial charge in [-0.25, -0.2) is 9.97 Å². The summed E-state index contributed by atoms with van der Waals surface area (Å²) < 4.78 is 0. The minimum absolute atomic E-state index is 0.0572. The molecule has 1 unspecified atom stereocenters. The second kappa shape index (κ2) is 9.50. The smallest absolute Gasteiger partial charge is 0.229 e. The van der Waals surface area contributed by atoms with Crippen molar-refractivity contribution in [2.75, 3.05) is 5.32 Å². The highest BCUT2D eigenvalue weighted by Crippen LogP contribution is 2.35. The standard InChI is InChI=1S/C28H33N3O2/c1-18-15-22(32)13-11-21(18)17-26(33)31-28-25(16-19-7-3-2-4-8-19)29-27-23-10-6-5-9-20(23)12-14-24(27)30-28/h5-6,9-11,13,18-19,32H,2-4,7-8,12,14-17H2,1H3,(H,30,31,33). The zero-order valence-electron chi connectivity index (χ0n) is 19.4. The van der Waals surface area contributed by atoms with Gasteiger partial charge in [-0.05, 0) is 42.7 Å². The lowest BCUT2D eigenvalue weighted by molar-refractivity contribution is -0.115. The molecule has 5 nitrogen and oxygen atoms in total. The maximum Gasteiger partial charge on any atom is 0.229 e. The van der Waals surface area contributed by atoms with Crippen LogP contribution in [-0.2, 0) is 24.1 Å². The second-order valence-corrected chi connectivity index (χ2v) is 9.91. The summed E-state index contributed by atoms with van der Waals surface area (Å²) >= 11 is 0. The van der Waals surface area contributed by atoms with Crippen molar-refractivity contribution in [1.29, 1.82) is 0 Å². The highest BCUT2D eigenvalue weighted by molar-refractivity contribution is 5.92. The van der Waals surface area contributed by atoms with Crippen molar-refractivity contribution in [3.05, 3.63) is 64.7 Å². The molecule has 3 aliphatic carbocycles. The first-order chi connectivity index (χ1) is 16.1. The van der Waals surface area contributed by atoms with Crippen molar-refractivity contribution in [3.8, 4) is 11.3 Å². The molecule has 1 atom stereocenters. The fourth-order valence-corrected chi connectivity index (χ4v) is 5.50. The molecule has 172 valence electrons. The molecule has 1 saturated carbocycles. The molecule has 1 aromatic heterocycles. The molecule has 0 spiro atoms. The van der Waals surface area contributed by atoms with Gasteiger partial charge in [0, 0.05) is 18.4 Å². The van der Waals surface area contributed by atoms with Crippen molar-refractivity contribution in [3.63, 3.8) is 0 Å². The Morgan fingerprint density at radius 2 is 1.91 bits per heavy atom. The van der Waals surface area contributed by atoms with E-state index in [1.54, 1.807) is 6.08 Å². The minimum atomic E-state index is -0.0572. The van der Waals surface area contributed by atoms with Gasteiger partial charge in [0.25, 0.3) is 0 Å². The Hall–Kier alpha value is -2.95. The topological polar surface area (TPSA) is 75.1 Å². The zero-order valence-corrected chi connectivity index (χ0v) is 19.4. The number of amides is 1. The number of hydrogen-bond donors (Lipinski definition) is 2. The Morgan fingerprint density at radius 1 is 1.09 bits per heavy atom. The number of aromatic nitrogens is 2. The first-order valence-corrected chi connectivity index (χ1v) is 12.4. The maximum absolute atomic E-state index is 13.0. The Morgan fingerprint density at radius 3 is 2.73 bits per heavy atom. The number of aliphatic hydroxyl groups excluding tert-OH is 1. The van der Waals surface area contributed by atoms with Crippen LogP contribution in [0, 0.1) is 11.8 Å². The molecular formula is C28H33N3O2. The molecule has 0 aliphatic heterocycles. The monoisotopic (exact) mass is 443 g/mol. The van der Waals surface area contributed by atoms with Crippen molar-refractivity contribution in [2.24, 2.45) is 11.8 Å². The zero-order chi connectivity index (χ0) is 22.8.